The number of thioether (sulfide) groups is 1. The molecule has 2 aromatic rings. The molecule has 2 fully saturated rings. The largest absolute Gasteiger partial charge is 0.381 e. The normalized spacial score (nSPS) is 21.7. The molecular weight excluding hydrogens is 422 g/mol. The minimum atomic E-state index is -3.18. The van der Waals surface area contributed by atoms with Gasteiger partial charge in [0.15, 0.2) is 0 Å². The second-order valence-electron chi connectivity index (χ2n) is 8.11. The van der Waals surface area contributed by atoms with E-state index in [0.29, 0.717) is 40.8 Å². The number of nitrogens with one attached hydrogen (secondary N) is 3. The topological polar surface area (TPSA) is 107 Å². The summed E-state index contributed by atoms with van der Waals surface area (Å²) < 4.78 is 25.2. The minimum Gasteiger partial charge on any atom is -0.381 e. The molecule has 2 aliphatic rings. The van der Waals surface area contributed by atoms with Crippen LogP contribution in [0.5, 0.6) is 0 Å². The van der Waals surface area contributed by atoms with E-state index in [-0.39, 0.29) is 11.6 Å². The first kappa shape index (κ1) is 21.6. The smallest absolute Gasteiger partial charge is 0.258 e. The highest BCUT2D eigenvalue weighted by molar-refractivity contribution is 7.99. The fraction of sp³-hybridized carbons (Fsp3) is 0.600. The fourth-order valence-electron chi connectivity index (χ4n) is 4.10. The fourth-order valence-corrected chi connectivity index (χ4v) is 6.11. The maximum atomic E-state index is 12.5. The molecule has 3 heterocycles. The lowest BCUT2D eigenvalue weighted by Gasteiger charge is -2.32. The number of fused-ring (bicyclic) bond motifs is 1. The Bertz CT molecular complexity index is 1050. The first-order valence-corrected chi connectivity index (χ1v) is 13.3. The van der Waals surface area contributed by atoms with Gasteiger partial charge in [0.2, 0.25) is 10.0 Å². The van der Waals surface area contributed by atoms with Crippen molar-refractivity contribution in [3.8, 4) is 0 Å². The van der Waals surface area contributed by atoms with Gasteiger partial charge in [-0.3, -0.25) is 4.79 Å². The quantitative estimate of drug-likeness (QED) is 0.614. The van der Waals surface area contributed by atoms with Crippen molar-refractivity contribution >= 4 is 38.4 Å². The Morgan fingerprint density at radius 1 is 1.27 bits per heavy atom. The van der Waals surface area contributed by atoms with Crippen LogP contribution in [-0.2, 0) is 15.8 Å². The Hall–Kier alpha value is -1.62. The van der Waals surface area contributed by atoms with Gasteiger partial charge in [-0.2, -0.15) is 11.8 Å². The molecule has 0 bridgehead atoms. The van der Waals surface area contributed by atoms with Gasteiger partial charge >= 0.3 is 0 Å². The van der Waals surface area contributed by atoms with Crippen molar-refractivity contribution in [3.63, 3.8) is 0 Å². The molecule has 1 aromatic heterocycles. The molecule has 10 heteroatoms. The lowest BCUT2D eigenvalue weighted by Crippen LogP contribution is -2.44. The third-order valence-electron chi connectivity index (χ3n) is 5.72. The first-order valence-electron chi connectivity index (χ1n) is 10.5. The molecule has 164 valence electrons. The Morgan fingerprint density at radius 2 is 2.07 bits per heavy atom. The second-order valence-corrected chi connectivity index (χ2v) is 11.4. The highest BCUT2D eigenvalue weighted by Crippen LogP contribution is 2.24. The number of sulfonamides is 1. The van der Waals surface area contributed by atoms with Crippen LogP contribution in [0.1, 0.15) is 31.5 Å². The van der Waals surface area contributed by atoms with Gasteiger partial charge in [0.25, 0.3) is 5.56 Å². The summed E-state index contributed by atoms with van der Waals surface area (Å²) in [5.41, 5.74) is 1.41. The van der Waals surface area contributed by atoms with Crippen LogP contribution in [-0.4, -0.2) is 66.4 Å². The van der Waals surface area contributed by atoms with E-state index < -0.39 is 10.0 Å². The number of anilines is 1. The molecule has 1 atom stereocenters. The van der Waals surface area contributed by atoms with Crippen LogP contribution in [0.3, 0.4) is 0 Å². The summed E-state index contributed by atoms with van der Waals surface area (Å²) in [6, 6.07) is 5.58. The van der Waals surface area contributed by atoms with E-state index in [0.717, 1.165) is 44.5 Å². The molecule has 0 amide bonds. The highest BCUT2D eigenvalue weighted by Gasteiger charge is 2.25. The molecular formula is C20H29N5O3S2. The van der Waals surface area contributed by atoms with Gasteiger partial charge in [-0.25, -0.2) is 17.7 Å². The van der Waals surface area contributed by atoms with Gasteiger partial charge in [0.05, 0.1) is 22.9 Å². The Labute approximate surface area is 181 Å². The molecule has 0 saturated carbocycles. The molecule has 0 spiro atoms. The van der Waals surface area contributed by atoms with E-state index in [9.17, 15) is 13.2 Å². The summed E-state index contributed by atoms with van der Waals surface area (Å²) in [7, 11) is -3.18. The van der Waals surface area contributed by atoms with Crippen LogP contribution < -0.4 is 16.2 Å². The van der Waals surface area contributed by atoms with E-state index in [2.05, 4.69) is 15.6 Å². The maximum Gasteiger partial charge on any atom is 0.258 e. The average molecular weight is 452 g/mol. The molecule has 8 nitrogen and oxygen atoms in total. The Morgan fingerprint density at radius 3 is 2.83 bits per heavy atom. The summed E-state index contributed by atoms with van der Waals surface area (Å²) in [6.07, 6.45) is 5.27. The van der Waals surface area contributed by atoms with Crippen molar-refractivity contribution in [1.82, 2.24) is 19.6 Å². The lowest BCUT2D eigenvalue weighted by molar-refractivity contribution is 0.329. The zero-order valence-electron chi connectivity index (χ0n) is 17.2. The summed E-state index contributed by atoms with van der Waals surface area (Å²) in [5.74, 6) is 1.40. The molecule has 2 saturated heterocycles. The van der Waals surface area contributed by atoms with Crippen LogP contribution in [0.4, 0.5) is 5.69 Å². The number of nitrogens with zero attached hydrogens (tertiary/aromatic N) is 2. The average Bonchev–Trinajstić information content (AvgIpc) is 2.72. The number of aromatic amines is 1. The highest BCUT2D eigenvalue weighted by atomic mass is 32.2. The third kappa shape index (κ3) is 5.35. The predicted molar refractivity (Wildman–Crippen MR) is 123 cm³/mol. The maximum absolute atomic E-state index is 12.5. The van der Waals surface area contributed by atoms with Gasteiger partial charge in [-0.05, 0) is 57.0 Å². The number of hydrogen-bond donors (Lipinski definition) is 3. The van der Waals surface area contributed by atoms with E-state index in [1.165, 1.54) is 10.6 Å². The Kier molecular flexibility index (Phi) is 6.66. The SMILES string of the molecule is CS(=O)(=O)N1CCC[C@@H](Nc2ccc3c(=O)[nH]c(CSC4CCNCC4)nc3c2)C1. The molecule has 3 N–H and O–H groups in total. The number of aromatic nitrogens is 2. The zero-order chi connectivity index (χ0) is 21.1. The standard InChI is InChI=1S/C20H29N5O3S2/c1-30(27,28)25-10-2-3-15(12-25)22-14-4-5-17-18(11-14)23-19(24-20(17)26)13-29-16-6-8-21-9-7-16/h4-5,11,15-16,21-22H,2-3,6-10,12-13H2,1H3,(H,23,24,26)/t15-/m1/s1. The van der Waals surface area contributed by atoms with E-state index in [4.69, 9.17) is 4.98 Å². The number of hydrogen-bond acceptors (Lipinski definition) is 7. The zero-order valence-corrected chi connectivity index (χ0v) is 18.8. The predicted octanol–water partition coefficient (Wildman–Crippen LogP) is 1.74. The molecule has 0 aliphatic carbocycles. The second kappa shape index (κ2) is 9.25. The molecule has 4 rings (SSSR count). The molecule has 0 unspecified atom stereocenters. The van der Waals surface area contributed by atoms with Crippen molar-refractivity contribution in [2.45, 2.75) is 42.7 Å². The minimum absolute atomic E-state index is 0.0443. The van der Waals surface area contributed by atoms with Crippen molar-refractivity contribution in [3.05, 3.63) is 34.4 Å². The van der Waals surface area contributed by atoms with Gasteiger partial charge in [-0.15, -0.1) is 0 Å². The van der Waals surface area contributed by atoms with E-state index >= 15 is 0 Å². The molecule has 0 radical (unpaired) electrons. The summed E-state index contributed by atoms with van der Waals surface area (Å²) >= 11 is 1.85. The molecule has 2 aliphatic heterocycles. The van der Waals surface area contributed by atoms with Gasteiger partial charge in [0, 0.05) is 30.1 Å². The van der Waals surface area contributed by atoms with Gasteiger partial charge in [0.1, 0.15) is 5.82 Å². The lowest BCUT2D eigenvalue weighted by atomic mass is 10.1. The van der Waals surface area contributed by atoms with Crippen molar-refractivity contribution in [2.75, 3.05) is 37.8 Å². The van der Waals surface area contributed by atoms with Crippen molar-refractivity contribution in [1.29, 1.82) is 0 Å². The first-order chi connectivity index (χ1) is 14.4. The van der Waals surface area contributed by atoms with Crippen molar-refractivity contribution in [2.24, 2.45) is 0 Å². The van der Waals surface area contributed by atoms with Gasteiger partial charge < -0.3 is 15.6 Å². The van der Waals surface area contributed by atoms with Crippen LogP contribution in [0.25, 0.3) is 10.9 Å². The van der Waals surface area contributed by atoms with Crippen LogP contribution in [0.2, 0.25) is 0 Å². The number of piperidine rings is 2. The monoisotopic (exact) mass is 451 g/mol. The third-order valence-corrected chi connectivity index (χ3v) is 8.37. The van der Waals surface area contributed by atoms with E-state index in [1.54, 1.807) is 6.07 Å². The van der Waals surface area contributed by atoms with Crippen LogP contribution >= 0.6 is 11.8 Å². The summed E-state index contributed by atoms with van der Waals surface area (Å²) in [5, 5.41) is 7.96. The Balaban J connectivity index is 1.47. The summed E-state index contributed by atoms with van der Waals surface area (Å²) in [6.45, 7) is 3.13. The number of benzene rings is 1. The van der Waals surface area contributed by atoms with Crippen LogP contribution in [0.15, 0.2) is 23.0 Å². The molecule has 30 heavy (non-hydrogen) atoms. The number of rotatable bonds is 6. The molecule has 1 aromatic carbocycles. The van der Waals surface area contributed by atoms with E-state index in [1.807, 2.05) is 23.9 Å². The number of H-pyrrole nitrogens is 1. The summed E-state index contributed by atoms with van der Waals surface area (Å²) in [4.78, 5) is 20.1. The van der Waals surface area contributed by atoms with Gasteiger partial charge in [-0.1, -0.05) is 0 Å². The van der Waals surface area contributed by atoms with Crippen LogP contribution in [0, 0.1) is 0 Å². The van der Waals surface area contributed by atoms with Crippen molar-refractivity contribution < 1.29 is 8.42 Å².